The molecular formula is C19H19FN2O3. The first-order valence-corrected chi connectivity index (χ1v) is 8.08. The lowest BCUT2D eigenvalue weighted by Gasteiger charge is -2.30. The van der Waals surface area contributed by atoms with Gasteiger partial charge in [0.15, 0.2) is 0 Å². The normalized spacial score (nSPS) is 13.1. The molecule has 0 spiro atoms. The van der Waals surface area contributed by atoms with Crippen LogP contribution in [0.2, 0.25) is 0 Å². The second-order valence-corrected chi connectivity index (χ2v) is 5.92. The lowest BCUT2D eigenvalue weighted by Crippen LogP contribution is -2.36. The second kappa shape index (κ2) is 7.34. The molecule has 0 saturated heterocycles. The number of carbonyl (C=O) groups is 2. The van der Waals surface area contributed by atoms with Gasteiger partial charge in [0.25, 0.3) is 0 Å². The van der Waals surface area contributed by atoms with E-state index in [0.717, 1.165) is 30.6 Å². The highest BCUT2D eigenvalue weighted by atomic mass is 19.1. The number of amides is 1. The van der Waals surface area contributed by atoms with Crippen molar-refractivity contribution in [2.45, 2.75) is 12.8 Å². The number of hydrogen-bond acceptors (Lipinski definition) is 4. The predicted octanol–water partition coefficient (Wildman–Crippen LogP) is 3.00. The zero-order valence-electron chi connectivity index (χ0n) is 13.9. The Labute approximate surface area is 145 Å². The lowest BCUT2D eigenvalue weighted by atomic mass is 10.0. The van der Waals surface area contributed by atoms with Gasteiger partial charge < -0.3 is 15.0 Å². The summed E-state index contributed by atoms with van der Waals surface area (Å²) in [5, 5.41) is 2.81. The highest BCUT2D eigenvalue weighted by Crippen LogP contribution is 2.27. The molecule has 2 aromatic rings. The van der Waals surface area contributed by atoms with Gasteiger partial charge in [-0.15, -0.1) is 0 Å². The van der Waals surface area contributed by atoms with Crippen LogP contribution in [0.4, 0.5) is 15.8 Å². The zero-order valence-corrected chi connectivity index (χ0v) is 13.9. The van der Waals surface area contributed by atoms with E-state index in [2.05, 4.69) is 10.1 Å². The average Bonchev–Trinajstić information content (AvgIpc) is 2.61. The molecule has 6 heteroatoms. The fourth-order valence-corrected chi connectivity index (χ4v) is 2.99. The van der Waals surface area contributed by atoms with Gasteiger partial charge in [-0.3, -0.25) is 4.79 Å². The van der Waals surface area contributed by atoms with Crippen molar-refractivity contribution in [1.29, 1.82) is 0 Å². The molecular weight excluding hydrogens is 323 g/mol. The van der Waals surface area contributed by atoms with Gasteiger partial charge in [0, 0.05) is 17.9 Å². The minimum atomic E-state index is -0.421. The van der Waals surface area contributed by atoms with Crippen LogP contribution in [0.5, 0.6) is 0 Å². The third-order valence-electron chi connectivity index (χ3n) is 4.18. The summed E-state index contributed by atoms with van der Waals surface area (Å²) < 4.78 is 18.0. The van der Waals surface area contributed by atoms with E-state index in [1.54, 1.807) is 30.3 Å². The molecule has 0 radical (unpaired) electrons. The summed E-state index contributed by atoms with van der Waals surface area (Å²) in [5.41, 5.74) is 2.87. The van der Waals surface area contributed by atoms with Gasteiger partial charge >= 0.3 is 5.97 Å². The Morgan fingerprint density at radius 2 is 1.96 bits per heavy atom. The van der Waals surface area contributed by atoms with Crippen molar-refractivity contribution in [3.8, 4) is 0 Å². The van der Waals surface area contributed by atoms with E-state index in [4.69, 9.17) is 0 Å². The fourth-order valence-electron chi connectivity index (χ4n) is 2.99. The third-order valence-corrected chi connectivity index (χ3v) is 4.18. The molecule has 1 heterocycles. The summed E-state index contributed by atoms with van der Waals surface area (Å²) in [6.45, 7) is 0.949. The van der Waals surface area contributed by atoms with E-state index in [9.17, 15) is 14.0 Å². The first-order valence-electron chi connectivity index (χ1n) is 8.08. The van der Waals surface area contributed by atoms with Crippen LogP contribution < -0.4 is 10.2 Å². The van der Waals surface area contributed by atoms with Crippen molar-refractivity contribution in [1.82, 2.24) is 0 Å². The van der Waals surface area contributed by atoms with Gasteiger partial charge in [0.2, 0.25) is 5.91 Å². The molecule has 0 unspecified atom stereocenters. The van der Waals surface area contributed by atoms with Crippen molar-refractivity contribution < 1.29 is 18.7 Å². The van der Waals surface area contributed by atoms with E-state index in [0.29, 0.717) is 11.3 Å². The molecule has 1 N–H and O–H groups in total. The number of ether oxygens (including phenoxy) is 1. The van der Waals surface area contributed by atoms with Crippen LogP contribution in [0.25, 0.3) is 0 Å². The number of carbonyl (C=O) groups excluding carboxylic acids is 2. The van der Waals surface area contributed by atoms with E-state index < -0.39 is 5.97 Å². The number of benzene rings is 2. The summed E-state index contributed by atoms with van der Waals surface area (Å²) in [6.07, 6.45) is 1.71. The first-order chi connectivity index (χ1) is 12.1. The summed E-state index contributed by atoms with van der Waals surface area (Å²) in [4.78, 5) is 25.7. The number of esters is 1. The molecule has 1 aliphatic heterocycles. The van der Waals surface area contributed by atoms with Crippen LogP contribution in [0.15, 0.2) is 42.5 Å². The van der Waals surface area contributed by atoms with E-state index in [1.807, 2.05) is 4.90 Å². The van der Waals surface area contributed by atoms with Gasteiger partial charge in [-0.05, 0) is 60.9 Å². The SMILES string of the molecule is COC(=O)c1ccc(NC(=O)CN2CCCc3cc(F)ccc32)cc1. The Morgan fingerprint density at radius 1 is 1.20 bits per heavy atom. The molecule has 0 aromatic heterocycles. The number of rotatable bonds is 4. The van der Waals surface area contributed by atoms with Crippen LogP contribution >= 0.6 is 0 Å². The number of anilines is 2. The van der Waals surface area contributed by atoms with Crippen LogP contribution in [-0.4, -0.2) is 32.1 Å². The summed E-state index contributed by atoms with van der Waals surface area (Å²) in [7, 11) is 1.32. The van der Waals surface area contributed by atoms with Crippen molar-refractivity contribution in [2.75, 3.05) is 30.4 Å². The van der Waals surface area contributed by atoms with E-state index >= 15 is 0 Å². The van der Waals surface area contributed by atoms with E-state index in [-0.39, 0.29) is 18.3 Å². The maximum atomic E-state index is 13.4. The number of aryl methyl sites for hydroxylation is 1. The molecule has 0 aliphatic carbocycles. The Hall–Kier alpha value is -2.89. The predicted molar refractivity (Wildman–Crippen MR) is 93.3 cm³/mol. The topological polar surface area (TPSA) is 58.6 Å². The zero-order chi connectivity index (χ0) is 17.8. The number of nitrogens with zero attached hydrogens (tertiary/aromatic N) is 1. The number of fused-ring (bicyclic) bond motifs is 1. The quantitative estimate of drug-likeness (QED) is 0.868. The van der Waals surface area contributed by atoms with Crippen LogP contribution in [-0.2, 0) is 16.0 Å². The van der Waals surface area contributed by atoms with Gasteiger partial charge in [0.05, 0.1) is 19.2 Å². The largest absolute Gasteiger partial charge is 0.465 e. The van der Waals surface area contributed by atoms with Gasteiger partial charge in [0.1, 0.15) is 5.82 Å². The molecule has 1 amide bonds. The molecule has 0 atom stereocenters. The average molecular weight is 342 g/mol. The standard InChI is InChI=1S/C19H19FN2O3/c1-25-19(24)13-4-7-16(8-5-13)21-18(23)12-22-10-2-3-14-11-15(20)6-9-17(14)22/h4-9,11H,2-3,10,12H2,1H3,(H,21,23). The first kappa shape index (κ1) is 17.0. The summed E-state index contributed by atoms with van der Waals surface area (Å²) >= 11 is 0. The summed E-state index contributed by atoms with van der Waals surface area (Å²) in [6, 6.07) is 11.2. The number of hydrogen-bond donors (Lipinski definition) is 1. The number of methoxy groups -OCH3 is 1. The Balaban J connectivity index is 1.65. The molecule has 1 aliphatic rings. The van der Waals surface area contributed by atoms with Crippen molar-refractivity contribution in [3.05, 3.63) is 59.4 Å². The fraction of sp³-hybridized carbons (Fsp3) is 0.263. The Bertz CT molecular complexity index is 790. The van der Waals surface area contributed by atoms with Gasteiger partial charge in [-0.1, -0.05) is 0 Å². The minimum absolute atomic E-state index is 0.164. The smallest absolute Gasteiger partial charge is 0.337 e. The third kappa shape index (κ3) is 3.96. The molecule has 2 aromatic carbocycles. The van der Waals surface area contributed by atoms with Crippen molar-refractivity contribution >= 4 is 23.3 Å². The summed E-state index contributed by atoms with van der Waals surface area (Å²) in [5.74, 6) is -0.839. The molecule has 25 heavy (non-hydrogen) atoms. The van der Waals surface area contributed by atoms with Crippen LogP contribution in [0.3, 0.4) is 0 Å². The minimum Gasteiger partial charge on any atom is -0.465 e. The monoisotopic (exact) mass is 342 g/mol. The highest BCUT2D eigenvalue weighted by molar-refractivity contribution is 5.95. The molecule has 0 bridgehead atoms. The maximum absolute atomic E-state index is 13.4. The van der Waals surface area contributed by atoms with Gasteiger partial charge in [-0.2, -0.15) is 0 Å². The molecule has 0 fully saturated rings. The molecule has 5 nitrogen and oxygen atoms in total. The van der Waals surface area contributed by atoms with Gasteiger partial charge in [-0.25, -0.2) is 9.18 Å². The van der Waals surface area contributed by atoms with Crippen molar-refractivity contribution in [2.24, 2.45) is 0 Å². The van der Waals surface area contributed by atoms with Crippen LogP contribution in [0, 0.1) is 5.82 Å². The number of halogens is 1. The molecule has 0 saturated carbocycles. The Morgan fingerprint density at radius 3 is 2.68 bits per heavy atom. The van der Waals surface area contributed by atoms with Crippen molar-refractivity contribution in [3.63, 3.8) is 0 Å². The van der Waals surface area contributed by atoms with E-state index in [1.165, 1.54) is 19.2 Å². The maximum Gasteiger partial charge on any atom is 0.337 e. The highest BCUT2D eigenvalue weighted by Gasteiger charge is 2.19. The van der Waals surface area contributed by atoms with Crippen LogP contribution in [0.1, 0.15) is 22.3 Å². The Kier molecular flexibility index (Phi) is 4.97. The molecule has 3 rings (SSSR count). The number of nitrogens with one attached hydrogen (secondary N) is 1. The second-order valence-electron chi connectivity index (χ2n) is 5.92. The molecule has 130 valence electrons. The lowest BCUT2D eigenvalue weighted by molar-refractivity contribution is -0.115.